The Morgan fingerprint density at radius 1 is 1.42 bits per heavy atom. The summed E-state index contributed by atoms with van der Waals surface area (Å²) in [6, 6.07) is 6.13. The van der Waals surface area contributed by atoms with Gasteiger partial charge in [-0.1, -0.05) is 11.8 Å². The first-order chi connectivity index (χ1) is 9.04. The molecule has 1 aromatic carbocycles. The minimum Gasteiger partial charge on any atom is -0.481 e. The van der Waals surface area contributed by atoms with E-state index in [-0.39, 0.29) is 12.1 Å². The molecule has 0 atom stereocenters. The molecule has 0 aliphatic carbocycles. The topological polar surface area (TPSA) is 93.3 Å². The van der Waals surface area contributed by atoms with Gasteiger partial charge in [0.1, 0.15) is 0 Å². The lowest BCUT2D eigenvalue weighted by atomic mass is 10.3. The van der Waals surface area contributed by atoms with Crippen LogP contribution >= 0.6 is 23.1 Å². The van der Waals surface area contributed by atoms with Gasteiger partial charge in [0.2, 0.25) is 0 Å². The predicted molar refractivity (Wildman–Crippen MR) is 70.7 cm³/mol. The molecule has 0 saturated heterocycles. The monoisotopic (exact) mass is 296 g/mol. The maximum atomic E-state index is 10.5. The smallest absolute Gasteiger partial charge is 0.309 e. The molecule has 6 nitrogen and oxygen atoms in total. The van der Waals surface area contributed by atoms with Crippen molar-refractivity contribution in [2.45, 2.75) is 15.7 Å². The Kier molecular flexibility index (Phi) is 4.13. The third kappa shape index (κ3) is 3.76. The highest BCUT2D eigenvalue weighted by molar-refractivity contribution is 8.01. The van der Waals surface area contributed by atoms with Crippen molar-refractivity contribution >= 4 is 34.8 Å². The van der Waals surface area contributed by atoms with Crippen LogP contribution in [0.2, 0.25) is 0 Å². The van der Waals surface area contributed by atoms with Gasteiger partial charge in [0.05, 0.1) is 17.0 Å². The molecule has 1 heterocycles. The standard InChI is InChI=1S/C11H8N2O4S2/c14-10(15)5-7-6-18-11(12-7)19-9-3-1-8(2-4-9)13(16)17/h1-4,6H,5H2,(H,14,15). The predicted octanol–water partition coefficient (Wildman–Crippen LogP) is 2.83. The zero-order valence-electron chi connectivity index (χ0n) is 9.48. The molecule has 0 unspecified atom stereocenters. The van der Waals surface area contributed by atoms with Gasteiger partial charge in [0, 0.05) is 22.4 Å². The van der Waals surface area contributed by atoms with Crippen molar-refractivity contribution < 1.29 is 14.8 Å². The number of thiazole rings is 1. The van der Waals surface area contributed by atoms with Crippen molar-refractivity contribution in [1.29, 1.82) is 0 Å². The van der Waals surface area contributed by atoms with Crippen LogP contribution in [0.3, 0.4) is 0 Å². The summed E-state index contributed by atoms with van der Waals surface area (Å²) in [4.78, 5) is 25.6. The van der Waals surface area contributed by atoms with Crippen LogP contribution in [-0.4, -0.2) is 21.0 Å². The molecule has 1 aromatic heterocycles. The average Bonchev–Trinajstić information content (AvgIpc) is 2.76. The number of hydrogen-bond acceptors (Lipinski definition) is 6. The van der Waals surface area contributed by atoms with Crippen LogP contribution in [0.5, 0.6) is 0 Å². The fourth-order valence-corrected chi connectivity index (χ4v) is 3.11. The fourth-order valence-electron chi connectivity index (χ4n) is 1.31. The Balaban J connectivity index is 2.06. The van der Waals surface area contributed by atoms with Gasteiger partial charge in [-0.3, -0.25) is 14.9 Å². The summed E-state index contributed by atoms with van der Waals surface area (Å²) >= 11 is 2.70. The van der Waals surface area contributed by atoms with E-state index in [9.17, 15) is 14.9 Å². The van der Waals surface area contributed by atoms with E-state index in [2.05, 4.69) is 4.98 Å². The summed E-state index contributed by atoms with van der Waals surface area (Å²) in [5, 5.41) is 20.8. The van der Waals surface area contributed by atoms with Gasteiger partial charge >= 0.3 is 5.97 Å². The number of rotatable bonds is 5. The lowest BCUT2D eigenvalue weighted by Crippen LogP contribution is -1.99. The van der Waals surface area contributed by atoms with E-state index in [4.69, 9.17) is 5.11 Å². The van der Waals surface area contributed by atoms with Crippen molar-refractivity contribution in [1.82, 2.24) is 4.98 Å². The Labute approximate surface area is 116 Å². The summed E-state index contributed by atoms with van der Waals surface area (Å²) in [6.07, 6.45) is -0.0999. The van der Waals surface area contributed by atoms with Gasteiger partial charge in [-0.15, -0.1) is 11.3 Å². The van der Waals surface area contributed by atoms with Crippen molar-refractivity contribution in [3.63, 3.8) is 0 Å². The van der Waals surface area contributed by atoms with Gasteiger partial charge in [0.25, 0.3) is 5.69 Å². The number of nitro benzene ring substituents is 1. The number of carboxylic acids is 1. The number of benzene rings is 1. The van der Waals surface area contributed by atoms with Gasteiger partial charge in [0.15, 0.2) is 4.34 Å². The number of carbonyl (C=O) groups is 1. The average molecular weight is 296 g/mol. The van der Waals surface area contributed by atoms with Crippen LogP contribution in [0.25, 0.3) is 0 Å². The molecule has 0 aliphatic rings. The second kappa shape index (κ2) is 5.81. The molecule has 19 heavy (non-hydrogen) atoms. The summed E-state index contributed by atoms with van der Waals surface area (Å²) in [6.45, 7) is 0. The third-order valence-electron chi connectivity index (χ3n) is 2.12. The van der Waals surface area contributed by atoms with E-state index in [0.717, 1.165) is 4.90 Å². The highest BCUT2D eigenvalue weighted by atomic mass is 32.2. The maximum absolute atomic E-state index is 10.5. The number of aliphatic carboxylic acids is 1. The van der Waals surface area contributed by atoms with Crippen LogP contribution in [0.4, 0.5) is 5.69 Å². The molecule has 2 aromatic rings. The number of non-ortho nitro benzene ring substituents is 1. The van der Waals surface area contributed by atoms with Crippen LogP contribution in [0, 0.1) is 10.1 Å². The van der Waals surface area contributed by atoms with E-state index >= 15 is 0 Å². The maximum Gasteiger partial charge on any atom is 0.309 e. The van der Waals surface area contributed by atoms with Gasteiger partial charge < -0.3 is 5.11 Å². The summed E-state index contributed by atoms with van der Waals surface area (Å²) < 4.78 is 0.713. The van der Waals surface area contributed by atoms with E-state index in [1.54, 1.807) is 17.5 Å². The summed E-state index contributed by atoms with van der Waals surface area (Å²) in [5.74, 6) is -0.919. The highest BCUT2D eigenvalue weighted by Gasteiger charge is 2.09. The van der Waals surface area contributed by atoms with Crippen LogP contribution in [0.1, 0.15) is 5.69 Å². The Morgan fingerprint density at radius 2 is 2.11 bits per heavy atom. The zero-order chi connectivity index (χ0) is 13.8. The first kappa shape index (κ1) is 13.5. The minimum atomic E-state index is -0.919. The van der Waals surface area contributed by atoms with Gasteiger partial charge in [-0.2, -0.15) is 0 Å². The van der Waals surface area contributed by atoms with Crippen molar-refractivity contribution in [3.05, 3.63) is 45.5 Å². The first-order valence-corrected chi connectivity index (χ1v) is 6.83. The van der Waals surface area contributed by atoms with E-state index in [1.165, 1.54) is 35.2 Å². The van der Waals surface area contributed by atoms with Crippen molar-refractivity contribution in [3.8, 4) is 0 Å². The molecule has 98 valence electrons. The van der Waals surface area contributed by atoms with E-state index in [1.807, 2.05) is 0 Å². The lowest BCUT2D eigenvalue weighted by Gasteiger charge is -1.97. The molecule has 0 spiro atoms. The van der Waals surface area contributed by atoms with E-state index in [0.29, 0.717) is 10.0 Å². The molecule has 8 heteroatoms. The number of hydrogen-bond donors (Lipinski definition) is 1. The number of nitrogens with zero attached hydrogens (tertiary/aromatic N) is 2. The largest absolute Gasteiger partial charge is 0.481 e. The molecule has 0 bridgehead atoms. The number of nitro groups is 1. The number of aromatic nitrogens is 1. The van der Waals surface area contributed by atoms with Gasteiger partial charge in [-0.25, -0.2) is 4.98 Å². The van der Waals surface area contributed by atoms with Crippen molar-refractivity contribution in [2.75, 3.05) is 0 Å². The zero-order valence-corrected chi connectivity index (χ0v) is 11.1. The molecule has 0 amide bonds. The molecular formula is C11H8N2O4S2. The quantitative estimate of drug-likeness (QED) is 0.673. The molecule has 0 radical (unpaired) electrons. The third-order valence-corrected chi connectivity index (χ3v) is 4.11. The van der Waals surface area contributed by atoms with Crippen molar-refractivity contribution in [2.24, 2.45) is 0 Å². The van der Waals surface area contributed by atoms with E-state index < -0.39 is 10.9 Å². The first-order valence-electron chi connectivity index (χ1n) is 5.13. The molecule has 2 rings (SSSR count). The molecule has 0 saturated carbocycles. The molecule has 0 aliphatic heterocycles. The second-order valence-electron chi connectivity index (χ2n) is 3.53. The normalized spacial score (nSPS) is 10.3. The second-order valence-corrected chi connectivity index (χ2v) is 5.71. The Morgan fingerprint density at radius 3 is 2.68 bits per heavy atom. The number of carboxylic acid groups (broad SMARTS) is 1. The molecule has 0 fully saturated rings. The van der Waals surface area contributed by atoms with Crippen LogP contribution in [-0.2, 0) is 11.2 Å². The van der Waals surface area contributed by atoms with Gasteiger partial charge in [-0.05, 0) is 12.1 Å². The highest BCUT2D eigenvalue weighted by Crippen LogP contribution is 2.31. The Hall–Kier alpha value is -1.93. The molecule has 1 N–H and O–H groups in total. The summed E-state index contributed by atoms with van der Waals surface area (Å²) in [5.41, 5.74) is 0.553. The fraction of sp³-hybridized carbons (Fsp3) is 0.0909. The summed E-state index contributed by atoms with van der Waals surface area (Å²) in [7, 11) is 0. The SMILES string of the molecule is O=C(O)Cc1csc(Sc2ccc([N+](=O)[O-])cc2)n1. The molecular weight excluding hydrogens is 288 g/mol. The lowest BCUT2D eigenvalue weighted by molar-refractivity contribution is -0.384. The minimum absolute atomic E-state index is 0.0371. The van der Waals surface area contributed by atoms with Crippen LogP contribution < -0.4 is 0 Å². The Bertz CT molecular complexity index is 609. The van der Waals surface area contributed by atoms with Crippen LogP contribution in [0.15, 0.2) is 38.9 Å².